The van der Waals surface area contributed by atoms with Crippen molar-refractivity contribution in [2.24, 2.45) is 22.2 Å². The number of nitrogens with two attached hydrogens (primary N) is 3. The van der Waals surface area contributed by atoms with Crippen LogP contribution in [0, 0.1) is 0 Å². The molecule has 0 aliphatic rings. The Labute approximate surface area is 199 Å². The number of amides is 1. The Balaban J connectivity index is 0.000000762. The molecule has 2 aromatic rings. The van der Waals surface area contributed by atoms with Crippen LogP contribution in [0.3, 0.4) is 0 Å². The van der Waals surface area contributed by atoms with Crippen LogP contribution in [-0.4, -0.2) is 59.6 Å². The monoisotopic (exact) mass is 542 g/mol. The number of rotatable bonds is 8. The van der Waals surface area contributed by atoms with Gasteiger partial charge in [0.1, 0.15) is 6.04 Å². The third-order valence-corrected chi connectivity index (χ3v) is 5.62. The van der Waals surface area contributed by atoms with Crippen LogP contribution >= 0.6 is 11.6 Å². The van der Waals surface area contributed by atoms with Gasteiger partial charge in [-0.15, -0.1) is 0 Å². The Morgan fingerprint density at radius 3 is 2.17 bits per heavy atom. The fourth-order valence-corrected chi connectivity index (χ4v) is 3.79. The van der Waals surface area contributed by atoms with E-state index in [1.807, 2.05) is 4.72 Å². The number of aromatic nitrogens is 1. The normalized spacial score (nSPS) is 12.2. The standard InChI is InChI=1S/C15H17ClN6O5S.C2HF3O2/c16-10-6-20-13(21-15(18)19)9-5-7(1-2-8(9)10)28(26,27)22-11(14(24)25)3-4-12(17)23;3-2(4,5)1(6)7/h1-2,5-6,11,22H,3-4H2,(H2,17,23)(H,24,25)(H4,18,19,20,21);(H,6,7)/t11-;/m0./s1. The topological polar surface area (TPSA) is 241 Å². The van der Waals surface area contributed by atoms with Gasteiger partial charge in [0.15, 0.2) is 11.8 Å². The number of nitrogens with one attached hydrogen (secondary N) is 1. The minimum Gasteiger partial charge on any atom is -0.480 e. The molecular weight excluding hydrogens is 525 g/mol. The number of guanidine groups is 1. The lowest BCUT2D eigenvalue weighted by atomic mass is 10.1. The molecule has 0 bridgehead atoms. The van der Waals surface area contributed by atoms with E-state index < -0.39 is 40.1 Å². The van der Waals surface area contributed by atoms with Gasteiger partial charge in [-0.1, -0.05) is 17.7 Å². The zero-order valence-corrected chi connectivity index (χ0v) is 18.9. The summed E-state index contributed by atoms with van der Waals surface area (Å²) in [5.74, 6) is -5.21. The number of alkyl halides is 3. The zero-order valence-electron chi connectivity index (χ0n) is 17.3. The summed E-state index contributed by atoms with van der Waals surface area (Å²) in [4.78, 5) is 38.6. The van der Waals surface area contributed by atoms with Crippen molar-refractivity contribution >= 4 is 62.0 Å². The average molecular weight is 543 g/mol. The van der Waals surface area contributed by atoms with Crippen LogP contribution in [0.2, 0.25) is 5.02 Å². The van der Waals surface area contributed by atoms with Crippen molar-refractivity contribution in [2.45, 2.75) is 30.0 Å². The maximum atomic E-state index is 12.6. The van der Waals surface area contributed by atoms with E-state index in [2.05, 4.69) is 9.98 Å². The number of hydrogen-bond donors (Lipinski definition) is 6. The van der Waals surface area contributed by atoms with Gasteiger partial charge in [-0.3, -0.25) is 9.59 Å². The van der Waals surface area contributed by atoms with Crippen molar-refractivity contribution in [1.82, 2.24) is 9.71 Å². The highest BCUT2D eigenvalue weighted by Crippen LogP contribution is 2.31. The van der Waals surface area contributed by atoms with Crippen LogP contribution in [0.1, 0.15) is 12.8 Å². The molecule has 0 aliphatic heterocycles. The van der Waals surface area contributed by atoms with Crippen LogP contribution < -0.4 is 21.9 Å². The Morgan fingerprint density at radius 2 is 1.71 bits per heavy atom. The van der Waals surface area contributed by atoms with Gasteiger partial charge in [0, 0.05) is 23.4 Å². The van der Waals surface area contributed by atoms with Gasteiger partial charge in [-0.05, 0) is 18.6 Å². The first-order valence-corrected chi connectivity index (χ1v) is 10.8. The van der Waals surface area contributed by atoms with Crippen molar-refractivity contribution in [3.63, 3.8) is 0 Å². The summed E-state index contributed by atoms with van der Waals surface area (Å²) >= 11 is 6.07. The molecule has 13 nitrogen and oxygen atoms in total. The van der Waals surface area contributed by atoms with Crippen LogP contribution in [-0.2, 0) is 24.4 Å². The Morgan fingerprint density at radius 1 is 1.14 bits per heavy atom. The second-order valence-corrected chi connectivity index (χ2v) is 8.61. The molecule has 0 saturated heterocycles. The third kappa shape index (κ3) is 8.87. The first-order valence-electron chi connectivity index (χ1n) is 8.97. The van der Waals surface area contributed by atoms with Crippen molar-refractivity contribution in [3.8, 4) is 0 Å². The first kappa shape index (κ1) is 29.3. The number of aliphatic carboxylic acids is 2. The number of carbonyl (C=O) groups is 3. The second-order valence-electron chi connectivity index (χ2n) is 6.49. The van der Waals surface area contributed by atoms with E-state index in [9.17, 15) is 36.3 Å². The molecule has 18 heteroatoms. The van der Waals surface area contributed by atoms with Crippen LogP contribution in [0.25, 0.3) is 10.8 Å². The SMILES string of the molecule is NC(=O)CC[C@H](NS(=O)(=O)c1ccc2c(Cl)cnc(N=C(N)N)c2c1)C(=O)O.O=C(O)C(F)(F)F. The maximum Gasteiger partial charge on any atom is 0.490 e. The lowest BCUT2D eigenvalue weighted by molar-refractivity contribution is -0.192. The molecular formula is C17H18ClF3N6O7S. The summed E-state index contributed by atoms with van der Waals surface area (Å²) in [6, 6.07) is 2.33. The number of carbonyl (C=O) groups excluding carboxylic acids is 1. The average Bonchev–Trinajstić information content (AvgIpc) is 2.72. The van der Waals surface area contributed by atoms with E-state index in [0.717, 1.165) is 0 Å². The zero-order chi connectivity index (χ0) is 27.1. The smallest absolute Gasteiger partial charge is 0.480 e. The quantitative estimate of drug-likeness (QED) is 0.198. The van der Waals surface area contributed by atoms with E-state index in [1.165, 1.54) is 24.4 Å². The van der Waals surface area contributed by atoms with Crippen molar-refractivity contribution in [1.29, 1.82) is 0 Å². The largest absolute Gasteiger partial charge is 0.490 e. The number of hydrogen-bond acceptors (Lipinski definition) is 7. The highest BCUT2D eigenvalue weighted by Gasteiger charge is 2.38. The number of nitrogens with zero attached hydrogens (tertiary/aromatic N) is 2. The van der Waals surface area contributed by atoms with Gasteiger partial charge >= 0.3 is 18.1 Å². The Kier molecular flexibility index (Phi) is 9.74. The summed E-state index contributed by atoms with van der Waals surface area (Å²) in [6.45, 7) is 0. The predicted molar refractivity (Wildman–Crippen MR) is 116 cm³/mol. The molecule has 1 aromatic carbocycles. The van der Waals surface area contributed by atoms with Crippen molar-refractivity contribution < 1.29 is 46.2 Å². The van der Waals surface area contributed by atoms with Crippen molar-refractivity contribution in [3.05, 3.63) is 29.4 Å². The lowest BCUT2D eigenvalue weighted by Crippen LogP contribution is -2.41. The number of aliphatic imine (C=N–C) groups is 1. The summed E-state index contributed by atoms with van der Waals surface area (Å²) in [5.41, 5.74) is 15.7. The first-order chi connectivity index (χ1) is 16.0. The van der Waals surface area contributed by atoms with Crippen molar-refractivity contribution in [2.75, 3.05) is 0 Å². The second kappa shape index (κ2) is 11.6. The van der Waals surface area contributed by atoms with E-state index in [0.29, 0.717) is 5.39 Å². The Hall–Kier alpha value is -3.70. The number of benzene rings is 1. The minimum absolute atomic E-state index is 0.0416. The summed E-state index contributed by atoms with van der Waals surface area (Å²) in [6.07, 6.45) is -4.38. The molecule has 0 radical (unpaired) electrons. The van der Waals surface area contributed by atoms with Crippen LogP contribution in [0.5, 0.6) is 0 Å². The molecule has 0 fully saturated rings. The number of halogens is 4. The third-order valence-electron chi connectivity index (χ3n) is 3.85. The number of carboxylic acid groups (broad SMARTS) is 2. The predicted octanol–water partition coefficient (Wildman–Crippen LogP) is 0.423. The van der Waals surface area contributed by atoms with Crippen LogP contribution in [0.4, 0.5) is 19.0 Å². The van der Waals surface area contributed by atoms with Gasteiger partial charge < -0.3 is 27.4 Å². The summed E-state index contributed by atoms with van der Waals surface area (Å²) in [7, 11) is -4.27. The number of fused-ring (bicyclic) bond motifs is 1. The minimum atomic E-state index is -5.08. The van der Waals surface area contributed by atoms with Crippen LogP contribution in [0.15, 0.2) is 34.3 Å². The molecule has 1 amide bonds. The number of carboxylic acids is 2. The maximum absolute atomic E-state index is 12.6. The van der Waals surface area contributed by atoms with Gasteiger partial charge in [0.2, 0.25) is 15.9 Å². The highest BCUT2D eigenvalue weighted by atomic mass is 35.5. The molecule has 1 aromatic heterocycles. The molecule has 0 spiro atoms. The molecule has 0 aliphatic carbocycles. The molecule has 2 rings (SSSR count). The Bertz CT molecular complexity index is 1270. The van der Waals surface area contributed by atoms with Gasteiger partial charge in [-0.25, -0.2) is 18.2 Å². The van der Waals surface area contributed by atoms with E-state index in [4.69, 9.17) is 38.7 Å². The molecule has 35 heavy (non-hydrogen) atoms. The highest BCUT2D eigenvalue weighted by molar-refractivity contribution is 7.89. The molecule has 9 N–H and O–H groups in total. The van der Waals surface area contributed by atoms with E-state index in [-0.39, 0.29) is 39.9 Å². The molecule has 1 atom stereocenters. The summed E-state index contributed by atoms with van der Waals surface area (Å²) < 4.78 is 59.0. The van der Waals surface area contributed by atoms with Gasteiger partial charge in [0.25, 0.3) is 0 Å². The molecule has 1 heterocycles. The number of primary amides is 1. The molecule has 0 saturated carbocycles. The molecule has 0 unspecified atom stereocenters. The lowest BCUT2D eigenvalue weighted by Gasteiger charge is -2.15. The molecule has 192 valence electrons. The number of pyridine rings is 1. The van der Waals surface area contributed by atoms with E-state index >= 15 is 0 Å². The van der Waals surface area contributed by atoms with E-state index in [1.54, 1.807) is 0 Å². The fourth-order valence-electron chi connectivity index (χ4n) is 2.33. The fraction of sp³-hybridized carbons (Fsp3) is 0.235. The summed E-state index contributed by atoms with van der Waals surface area (Å²) in [5, 5.41) is 17.2. The number of sulfonamides is 1. The van der Waals surface area contributed by atoms with Gasteiger partial charge in [0.05, 0.1) is 9.92 Å². The van der Waals surface area contributed by atoms with Gasteiger partial charge in [-0.2, -0.15) is 22.9 Å².